The largest absolute Gasteiger partial charge is 0.380 e. The first kappa shape index (κ1) is 13.1. The summed E-state index contributed by atoms with van der Waals surface area (Å²) >= 11 is 0. The minimum atomic E-state index is -0.804. The van der Waals surface area contributed by atoms with Gasteiger partial charge >= 0.3 is 0 Å². The monoisotopic (exact) mass is 206 g/mol. The molecule has 0 aliphatic carbocycles. The highest BCUT2D eigenvalue weighted by atomic mass is 28.2. The molecule has 0 aliphatic rings. The summed E-state index contributed by atoms with van der Waals surface area (Å²) in [5.41, 5.74) is 0. The van der Waals surface area contributed by atoms with Crippen molar-refractivity contribution < 1.29 is 13.9 Å². The number of hydrogen-bond acceptors (Lipinski definition) is 3. The van der Waals surface area contributed by atoms with Gasteiger partial charge in [-0.1, -0.05) is 26.7 Å². The smallest absolute Gasteiger partial charge is 0.274 e. The average molecular weight is 206 g/mol. The molecule has 0 aromatic carbocycles. The molecule has 1 unspecified atom stereocenters. The summed E-state index contributed by atoms with van der Waals surface area (Å²) in [6, 6.07) is 0. The maximum atomic E-state index is 5.39. The van der Waals surface area contributed by atoms with Gasteiger partial charge in [0.05, 0.1) is 0 Å². The minimum Gasteiger partial charge on any atom is -0.380 e. The van der Waals surface area contributed by atoms with Crippen LogP contribution in [0.2, 0.25) is 0 Å². The third kappa shape index (κ3) is 3.38. The molecule has 0 spiro atoms. The Morgan fingerprint density at radius 3 is 2.15 bits per heavy atom. The lowest BCUT2D eigenvalue weighted by molar-refractivity contribution is -0.348. The van der Waals surface area contributed by atoms with E-state index in [-0.39, 0.29) is 5.92 Å². The number of methoxy groups -OCH3 is 2. The minimum absolute atomic E-state index is 0.278. The Balaban J connectivity index is 4.17. The lowest BCUT2D eigenvalue weighted by atomic mass is 10.0. The molecule has 1 atom stereocenters. The van der Waals surface area contributed by atoms with Crippen molar-refractivity contribution in [2.45, 2.75) is 39.1 Å². The summed E-state index contributed by atoms with van der Waals surface area (Å²) < 4.78 is 16.0. The molecule has 80 valence electrons. The summed E-state index contributed by atoms with van der Waals surface area (Å²) in [4.78, 5) is 0. The van der Waals surface area contributed by atoms with Crippen LogP contribution in [-0.4, -0.2) is 30.7 Å². The van der Waals surface area contributed by atoms with E-state index in [1.165, 1.54) is 12.8 Å². The van der Waals surface area contributed by atoms with Gasteiger partial charge in [-0.05, 0) is 6.42 Å². The van der Waals surface area contributed by atoms with E-state index in [4.69, 9.17) is 13.9 Å². The molecule has 0 rings (SSSR count). The highest BCUT2D eigenvalue weighted by molar-refractivity contribution is 5.98. The van der Waals surface area contributed by atoms with Crippen LogP contribution in [0.15, 0.2) is 0 Å². The standard InChI is InChI=1S/C9H22O3Si/c1-5-6-7-8(2)9(10-3,11-4)12-13/h8H,5-7H2,1-4,13H3. The van der Waals surface area contributed by atoms with Gasteiger partial charge in [0.2, 0.25) is 0 Å². The van der Waals surface area contributed by atoms with E-state index in [1.807, 2.05) is 0 Å². The van der Waals surface area contributed by atoms with E-state index in [2.05, 4.69) is 13.8 Å². The van der Waals surface area contributed by atoms with Crippen molar-refractivity contribution >= 4 is 10.5 Å². The Bertz CT molecular complexity index is 118. The molecule has 0 aromatic heterocycles. The van der Waals surface area contributed by atoms with Gasteiger partial charge in [-0.15, -0.1) is 0 Å². The van der Waals surface area contributed by atoms with Crippen molar-refractivity contribution in [1.82, 2.24) is 0 Å². The van der Waals surface area contributed by atoms with Crippen LogP contribution in [0, 0.1) is 5.92 Å². The van der Waals surface area contributed by atoms with Gasteiger partial charge in [0, 0.05) is 20.1 Å². The quantitative estimate of drug-likeness (QED) is 0.460. The highest BCUT2D eigenvalue weighted by Crippen LogP contribution is 2.27. The summed E-state index contributed by atoms with van der Waals surface area (Å²) in [5.74, 6) is -0.526. The summed E-state index contributed by atoms with van der Waals surface area (Å²) in [6.45, 7) is 4.27. The summed E-state index contributed by atoms with van der Waals surface area (Å²) in [6.07, 6.45) is 3.44. The van der Waals surface area contributed by atoms with Gasteiger partial charge in [0.1, 0.15) is 0 Å². The molecule has 0 heterocycles. The second-order valence-corrected chi connectivity index (χ2v) is 3.67. The van der Waals surface area contributed by atoms with E-state index in [1.54, 1.807) is 14.2 Å². The van der Waals surface area contributed by atoms with Crippen molar-refractivity contribution in [3.8, 4) is 0 Å². The van der Waals surface area contributed by atoms with Crippen molar-refractivity contribution in [3.63, 3.8) is 0 Å². The maximum absolute atomic E-state index is 5.39. The van der Waals surface area contributed by atoms with E-state index >= 15 is 0 Å². The van der Waals surface area contributed by atoms with Crippen molar-refractivity contribution in [1.29, 1.82) is 0 Å². The van der Waals surface area contributed by atoms with E-state index in [0.29, 0.717) is 10.5 Å². The van der Waals surface area contributed by atoms with Crippen molar-refractivity contribution in [3.05, 3.63) is 0 Å². The fraction of sp³-hybridized carbons (Fsp3) is 1.00. The fourth-order valence-corrected chi connectivity index (χ4v) is 2.28. The number of rotatable bonds is 7. The number of hydrogen-bond donors (Lipinski definition) is 0. The molecule has 0 radical (unpaired) electrons. The molecule has 0 bridgehead atoms. The Hall–Kier alpha value is 0.0969. The van der Waals surface area contributed by atoms with Gasteiger partial charge < -0.3 is 13.9 Å². The Morgan fingerprint density at radius 1 is 1.31 bits per heavy atom. The highest BCUT2D eigenvalue weighted by Gasteiger charge is 2.35. The van der Waals surface area contributed by atoms with Crippen LogP contribution >= 0.6 is 0 Å². The number of unbranched alkanes of at least 4 members (excludes halogenated alkanes) is 1. The molecule has 0 amide bonds. The fourth-order valence-electron chi connectivity index (χ4n) is 1.54. The Labute approximate surface area is 84.3 Å². The van der Waals surface area contributed by atoms with Crippen LogP contribution in [0.4, 0.5) is 0 Å². The third-order valence-corrected chi connectivity index (χ3v) is 3.02. The van der Waals surface area contributed by atoms with Crippen molar-refractivity contribution in [2.24, 2.45) is 5.92 Å². The molecular weight excluding hydrogens is 184 g/mol. The van der Waals surface area contributed by atoms with E-state index < -0.39 is 5.97 Å². The third-order valence-electron chi connectivity index (χ3n) is 2.45. The van der Waals surface area contributed by atoms with Crippen LogP contribution in [0.3, 0.4) is 0 Å². The summed E-state index contributed by atoms with van der Waals surface area (Å²) in [5, 5.41) is 0. The van der Waals surface area contributed by atoms with Crippen LogP contribution in [0.25, 0.3) is 0 Å². The predicted octanol–water partition coefficient (Wildman–Crippen LogP) is 1.06. The van der Waals surface area contributed by atoms with Gasteiger partial charge in [-0.3, -0.25) is 0 Å². The lowest BCUT2D eigenvalue weighted by Crippen LogP contribution is -2.43. The molecule has 0 N–H and O–H groups in total. The molecule has 3 nitrogen and oxygen atoms in total. The molecule has 0 aromatic rings. The van der Waals surface area contributed by atoms with Gasteiger partial charge in [0.15, 0.2) is 10.5 Å². The molecule has 4 heteroatoms. The maximum Gasteiger partial charge on any atom is 0.274 e. The second kappa shape index (κ2) is 6.54. The number of ether oxygens (including phenoxy) is 2. The molecule has 0 saturated carbocycles. The Morgan fingerprint density at radius 2 is 1.85 bits per heavy atom. The summed E-state index contributed by atoms with van der Waals surface area (Å²) in [7, 11) is 3.88. The van der Waals surface area contributed by atoms with Crippen LogP contribution in [0.1, 0.15) is 33.1 Å². The van der Waals surface area contributed by atoms with Crippen molar-refractivity contribution in [2.75, 3.05) is 14.2 Å². The molecule has 13 heavy (non-hydrogen) atoms. The first-order chi connectivity index (χ1) is 6.16. The zero-order valence-corrected chi connectivity index (χ0v) is 11.4. The molecule has 0 aliphatic heterocycles. The molecule has 0 fully saturated rings. The van der Waals surface area contributed by atoms with Gasteiger partial charge in [-0.25, -0.2) is 0 Å². The second-order valence-electron chi connectivity index (χ2n) is 3.26. The topological polar surface area (TPSA) is 27.7 Å². The van der Waals surface area contributed by atoms with Crippen LogP contribution in [0.5, 0.6) is 0 Å². The zero-order valence-electron chi connectivity index (χ0n) is 9.42. The van der Waals surface area contributed by atoms with Crippen LogP contribution < -0.4 is 0 Å². The van der Waals surface area contributed by atoms with E-state index in [9.17, 15) is 0 Å². The van der Waals surface area contributed by atoms with Gasteiger partial charge in [-0.2, -0.15) is 0 Å². The zero-order chi connectivity index (χ0) is 10.3. The SMILES string of the molecule is CCCCC(C)C(OC)(OC)O[SiH3]. The van der Waals surface area contributed by atoms with Gasteiger partial charge in [0.25, 0.3) is 5.97 Å². The molecular formula is C9H22O3Si. The first-order valence-electron chi connectivity index (χ1n) is 4.82. The first-order valence-corrected chi connectivity index (χ1v) is 5.63. The Kier molecular flexibility index (Phi) is 6.58. The normalized spacial score (nSPS) is 14.8. The van der Waals surface area contributed by atoms with E-state index in [0.717, 1.165) is 6.42 Å². The molecule has 0 saturated heterocycles. The van der Waals surface area contributed by atoms with Crippen LogP contribution in [-0.2, 0) is 13.9 Å². The average Bonchev–Trinajstić information content (AvgIpc) is 2.18. The lowest BCUT2D eigenvalue weighted by Gasteiger charge is -2.35. The predicted molar refractivity (Wildman–Crippen MR) is 56.5 cm³/mol.